The van der Waals surface area contributed by atoms with Gasteiger partial charge in [0, 0.05) is 42.0 Å². The van der Waals surface area contributed by atoms with Crippen molar-refractivity contribution in [3.8, 4) is 5.75 Å². The molecular weight excluding hydrogens is 344 g/mol. The van der Waals surface area contributed by atoms with Crippen LogP contribution in [0, 0.1) is 5.92 Å². The molecule has 1 saturated heterocycles. The third-order valence-corrected chi connectivity index (χ3v) is 7.63. The third-order valence-electron chi connectivity index (χ3n) is 7.63. The van der Waals surface area contributed by atoms with Crippen molar-refractivity contribution < 1.29 is 20.1 Å². The van der Waals surface area contributed by atoms with Gasteiger partial charge in [-0.25, -0.2) is 0 Å². The second-order valence-electron chi connectivity index (χ2n) is 9.11. The van der Waals surface area contributed by atoms with Gasteiger partial charge in [0.05, 0.1) is 5.60 Å². The maximum atomic E-state index is 12.5. The summed E-state index contributed by atoms with van der Waals surface area (Å²) in [6.07, 6.45) is 3.62. The lowest BCUT2D eigenvalue weighted by Gasteiger charge is -2.63. The first-order valence-corrected chi connectivity index (χ1v) is 10.1. The maximum absolute atomic E-state index is 12.5. The number of aromatic hydroxyl groups is 1. The van der Waals surface area contributed by atoms with Crippen molar-refractivity contribution in [3.63, 3.8) is 0 Å². The zero-order chi connectivity index (χ0) is 19.0. The van der Waals surface area contributed by atoms with E-state index in [0.29, 0.717) is 31.2 Å². The Balaban J connectivity index is 1.68. The summed E-state index contributed by atoms with van der Waals surface area (Å²) in [4.78, 5) is 14.9. The van der Waals surface area contributed by atoms with Crippen molar-refractivity contribution in [2.24, 2.45) is 11.7 Å². The number of carbonyl (C=O) groups excluding carboxylic acids is 1. The summed E-state index contributed by atoms with van der Waals surface area (Å²) in [5.74, 6) is 0.834. The minimum absolute atomic E-state index is 0.0273. The average Bonchev–Trinajstić information content (AvgIpc) is 3.42. The lowest BCUT2D eigenvalue weighted by Crippen LogP contribution is -2.73. The average molecular weight is 372 g/mol. The van der Waals surface area contributed by atoms with Crippen LogP contribution in [0.5, 0.6) is 5.75 Å². The molecule has 1 unspecified atom stereocenters. The van der Waals surface area contributed by atoms with Gasteiger partial charge < -0.3 is 21.1 Å². The second-order valence-corrected chi connectivity index (χ2v) is 9.11. The molecular formula is C21H28N2O4. The molecule has 3 fully saturated rings. The number of ketones is 1. The second kappa shape index (κ2) is 5.77. The number of piperidine rings is 1. The fraction of sp³-hybridized carbons (Fsp3) is 0.667. The highest BCUT2D eigenvalue weighted by atomic mass is 16.3. The van der Waals surface area contributed by atoms with Gasteiger partial charge in [0.1, 0.15) is 17.8 Å². The topological polar surface area (TPSA) is 107 Å². The van der Waals surface area contributed by atoms with Crippen LogP contribution < -0.4 is 5.73 Å². The van der Waals surface area contributed by atoms with Crippen molar-refractivity contribution in [3.05, 3.63) is 28.8 Å². The van der Waals surface area contributed by atoms with Crippen LogP contribution >= 0.6 is 0 Å². The van der Waals surface area contributed by atoms with E-state index in [4.69, 9.17) is 5.73 Å². The molecule has 6 heteroatoms. The molecule has 0 spiro atoms. The fourth-order valence-electron chi connectivity index (χ4n) is 6.11. The van der Waals surface area contributed by atoms with Gasteiger partial charge >= 0.3 is 0 Å². The Morgan fingerprint density at radius 3 is 2.78 bits per heavy atom. The number of hydrogen-bond donors (Lipinski definition) is 4. The Morgan fingerprint density at radius 1 is 1.30 bits per heavy atom. The molecule has 2 saturated carbocycles. The molecule has 3 aliphatic carbocycles. The van der Waals surface area contributed by atoms with E-state index in [-0.39, 0.29) is 29.6 Å². The molecule has 6 nitrogen and oxygen atoms in total. The van der Waals surface area contributed by atoms with E-state index < -0.39 is 17.2 Å². The number of phenolic OH excluding ortho intramolecular Hbond substituents is 1. The molecule has 4 atom stereocenters. The molecule has 0 aromatic heterocycles. The lowest BCUT2D eigenvalue weighted by molar-refractivity contribution is -0.173. The van der Waals surface area contributed by atoms with Crippen LogP contribution in [-0.4, -0.2) is 50.7 Å². The van der Waals surface area contributed by atoms with Crippen molar-refractivity contribution >= 4 is 5.78 Å². The number of likely N-dealkylation sites (tertiary alicyclic amines) is 1. The minimum Gasteiger partial charge on any atom is -0.507 e. The predicted octanol–water partition coefficient (Wildman–Crippen LogP) is 1.10. The molecule has 0 radical (unpaired) electrons. The Hall–Kier alpha value is -1.47. The normalized spacial score (nSPS) is 36.9. The summed E-state index contributed by atoms with van der Waals surface area (Å²) in [7, 11) is 0. The van der Waals surface area contributed by atoms with E-state index in [1.54, 1.807) is 6.07 Å². The highest BCUT2D eigenvalue weighted by molar-refractivity contribution is 5.83. The van der Waals surface area contributed by atoms with Crippen molar-refractivity contribution in [1.82, 2.24) is 4.90 Å². The van der Waals surface area contributed by atoms with Gasteiger partial charge in [-0.1, -0.05) is 12.1 Å². The van der Waals surface area contributed by atoms with Gasteiger partial charge in [-0.2, -0.15) is 0 Å². The van der Waals surface area contributed by atoms with Crippen LogP contribution in [0.1, 0.15) is 61.4 Å². The molecule has 2 bridgehead atoms. The molecule has 27 heavy (non-hydrogen) atoms. The van der Waals surface area contributed by atoms with Crippen LogP contribution in [0.4, 0.5) is 0 Å². The molecule has 1 heterocycles. The highest BCUT2D eigenvalue weighted by Gasteiger charge is 2.65. The Bertz CT molecular complexity index is 806. The third kappa shape index (κ3) is 2.37. The zero-order valence-electron chi connectivity index (χ0n) is 15.5. The van der Waals surface area contributed by atoms with Gasteiger partial charge in [-0.3, -0.25) is 9.69 Å². The number of rotatable bonds is 3. The van der Waals surface area contributed by atoms with E-state index in [1.165, 1.54) is 12.8 Å². The number of aliphatic hydroxyl groups excluding tert-OH is 1. The van der Waals surface area contributed by atoms with Crippen molar-refractivity contribution in [2.45, 2.75) is 68.2 Å². The van der Waals surface area contributed by atoms with Gasteiger partial charge in [0.2, 0.25) is 0 Å². The van der Waals surface area contributed by atoms with E-state index in [0.717, 1.165) is 24.6 Å². The summed E-state index contributed by atoms with van der Waals surface area (Å²) in [6.45, 7) is 1.84. The summed E-state index contributed by atoms with van der Waals surface area (Å²) >= 11 is 0. The van der Waals surface area contributed by atoms with E-state index in [9.17, 15) is 20.1 Å². The summed E-state index contributed by atoms with van der Waals surface area (Å²) in [5, 5.41) is 32.9. The number of fused-ring (bicyclic) bond motifs is 1. The maximum Gasteiger partial charge on any atom is 0.134 e. The van der Waals surface area contributed by atoms with Crippen molar-refractivity contribution in [1.29, 1.82) is 0 Å². The number of nitrogens with zero attached hydrogens (tertiary/aromatic N) is 1. The first-order valence-electron chi connectivity index (χ1n) is 10.1. The minimum atomic E-state index is -1.29. The monoisotopic (exact) mass is 372 g/mol. The number of benzene rings is 1. The standard InChI is InChI=1S/C21H28N2O4/c22-19(26)15-4-3-13-9-16-21(27)6-5-14(24)10-20(21,17(13)18(15)25)7-8-23(16)11-12-1-2-12/h3-4,12,16,19,25-27H,1-2,5-11,22H2/t16-,19?,20-,21-/m1/s1. The van der Waals surface area contributed by atoms with E-state index in [2.05, 4.69) is 4.90 Å². The molecule has 0 amide bonds. The van der Waals surface area contributed by atoms with Crippen LogP contribution in [-0.2, 0) is 16.6 Å². The highest BCUT2D eigenvalue weighted by Crippen LogP contribution is 2.60. The van der Waals surface area contributed by atoms with Gasteiger partial charge in [-0.15, -0.1) is 0 Å². The number of phenols is 1. The summed E-state index contributed by atoms with van der Waals surface area (Å²) in [5.41, 5.74) is 5.73. The van der Waals surface area contributed by atoms with Crippen LogP contribution in [0.25, 0.3) is 0 Å². The molecule has 146 valence electrons. The number of Topliss-reactive ketones (excluding diaryl/α,β-unsaturated/α-hetero) is 1. The lowest BCUT2D eigenvalue weighted by atomic mass is 9.49. The van der Waals surface area contributed by atoms with Crippen LogP contribution in [0.3, 0.4) is 0 Å². The van der Waals surface area contributed by atoms with Crippen LogP contribution in [0.15, 0.2) is 12.1 Å². The fourth-order valence-corrected chi connectivity index (χ4v) is 6.11. The molecule has 1 aliphatic heterocycles. The van der Waals surface area contributed by atoms with E-state index in [1.807, 2.05) is 6.07 Å². The first-order chi connectivity index (χ1) is 12.9. The predicted molar refractivity (Wildman–Crippen MR) is 99.1 cm³/mol. The number of aliphatic hydroxyl groups is 2. The van der Waals surface area contributed by atoms with Gasteiger partial charge in [0.15, 0.2) is 0 Å². The summed E-state index contributed by atoms with van der Waals surface area (Å²) < 4.78 is 0. The number of nitrogens with two attached hydrogens (primary N) is 1. The number of carbonyl (C=O) groups is 1. The van der Waals surface area contributed by atoms with Gasteiger partial charge in [0.25, 0.3) is 0 Å². The zero-order valence-corrected chi connectivity index (χ0v) is 15.5. The SMILES string of the molecule is NC(O)c1ccc2c(c1O)[C@]13CCN(CC4CC4)[C@H](C2)[C@]1(O)CCC(=O)C3. The molecule has 4 aliphatic rings. The van der Waals surface area contributed by atoms with Crippen LogP contribution in [0.2, 0.25) is 0 Å². The Morgan fingerprint density at radius 2 is 2.07 bits per heavy atom. The molecule has 5 N–H and O–H groups in total. The largest absolute Gasteiger partial charge is 0.507 e. The van der Waals surface area contributed by atoms with Crippen molar-refractivity contribution in [2.75, 3.05) is 13.1 Å². The molecule has 1 aromatic carbocycles. The summed E-state index contributed by atoms with van der Waals surface area (Å²) in [6, 6.07) is 3.56. The molecule has 1 aromatic rings. The van der Waals surface area contributed by atoms with E-state index >= 15 is 0 Å². The Kier molecular flexibility index (Phi) is 3.76. The Labute approximate surface area is 159 Å². The quantitative estimate of drug-likeness (QED) is 0.592. The molecule has 5 rings (SSSR count). The smallest absolute Gasteiger partial charge is 0.134 e. The first kappa shape index (κ1) is 17.6. The van der Waals surface area contributed by atoms with Gasteiger partial charge in [-0.05, 0) is 50.1 Å². The number of hydrogen-bond acceptors (Lipinski definition) is 6.